The Morgan fingerprint density at radius 2 is 1.57 bits per heavy atom. The number of amides is 1. The fourth-order valence-corrected chi connectivity index (χ4v) is 3.38. The maximum absolute atomic E-state index is 12.9. The van der Waals surface area contributed by atoms with Gasteiger partial charge in [0.05, 0.1) is 37.0 Å². The number of aryl methyl sites for hydroxylation is 3. The first kappa shape index (κ1) is 20.1. The van der Waals surface area contributed by atoms with Crippen molar-refractivity contribution in [2.24, 2.45) is 0 Å². The Morgan fingerprint density at radius 1 is 0.929 bits per heavy atom. The zero-order valence-corrected chi connectivity index (χ0v) is 17.3. The van der Waals surface area contributed by atoms with Gasteiger partial charge in [0.15, 0.2) is 11.5 Å². The van der Waals surface area contributed by atoms with Gasteiger partial charge in [-0.3, -0.25) is 19.7 Å². The largest absolute Gasteiger partial charge is 0.493 e. The van der Waals surface area contributed by atoms with Crippen molar-refractivity contribution in [3.05, 3.63) is 46.5 Å². The highest BCUT2D eigenvalue weighted by atomic mass is 16.5. The van der Waals surface area contributed by atoms with Crippen LogP contribution in [0, 0.1) is 20.8 Å². The molecule has 1 saturated heterocycles. The van der Waals surface area contributed by atoms with Gasteiger partial charge in [0.2, 0.25) is 0 Å². The van der Waals surface area contributed by atoms with Crippen LogP contribution < -0.4 is 9.47 Å². The Morgan fingerprint density at radius 3 is 2.21 bits per heavy atom. The molecular weight excluding hydrogens is 356 g/mol. The highest BCUT2D eigenvalue weighted by molar-refractivity contribution is 5.95. The molecule has 0 radical (unpaired) electrons. The van der Waals surface area contributed by atoms with E-state index in [1.165, 1.54) is 0 Å². The molecular formula is C21H28N4O3. The van der Waals surface area contributed by atoms with Gasteiger partial charge in [-0.1, -0.05) is 0 Å². The number of ether oxygens (including phenoxy) is 2. The van der Waals surface area contributed by atoms with Crippen molar-refractivity contribution in [3.8, 4) is 11.5 Å². The van der Waals surface area contributed by atoms with Gasteiger partial charge in [-0.15, -0.1) is 0 Å². The third kappa shape index (κ3) is 4.25. The zero-order chi connectivity index (χ0) is 20.3. The highest BCUT2D eigenvalue weighted by Crippen LogP contribution is 2.28. The summed E-state index contributed by atoms with van der Waals surface area (Å²) in [5.41, 5.74) is 4.56. The predicted molar refractivity (Wildman–Crippen MR) is 107 cm³/mol. The summed E-state index contributed by atoms with van der Waals surface area (Å²) in [5, 5.41) is 0. The second kappa shape index (κ2) is 8.56. The summed E-state index contributed by atoms with van der Waals surface area (Å²) in [6, 6.07) is 5.29. The van der Waals surface area contributed by atoms with Gasteiger partial charge in [0.1, 0.15) is 0 Å². The van der Waals surface area contributed by atoms with Crippen LogP contribution in [0.2, 0.25) is 0 Å². The number of carbonyl (C=O) groups excluding carboxylic acids is 1. The van der Waals surface area contributed by atoms with Gasteiger partial charge < -0.3 is 14.4 Å². The maximum atomic E-state index is 12.9. The summed E-state index contributed by atoms with van der Waals surface area (Å²) < 4.78 is 10.6. The molecule has 2 heterocycles. The highest BCUT2D eigenvalue weighted by Gasteiger charge is 2.24. The fraction of sp³-hybridized carbons (Fsp3) is 0.476. The van der Waals surface area contributed by atoms with Crippen LogP contribution in [0.3, 0.4) is 0 Å². The van der Waals surface area contributed by atoms with E-state index in [1.54, 1.807) is 32.4 Å². The number of hydrogen-bond donors (Lipinski definition) is 0. The lowest BCUT2D eigenvalue weighted by Gasteiger charge is -2.34. The molecule has 150 valence electrons. The number of aromatic nitrogens is 2. The third-order valence-electron chi connectivity index (χ3n) is 5.24. The Hall–Kier alpha value is -2.67. The molecule has 0 spiro atoms. The first-order chi connectivity index (χ1) is 13.4. The van der Waals surface area contributed by atoms with Gasteiger partial charge in [-0.05, 0) is 39.0 Å². The van der Waals surface area contributed by atoms with Crippen molar-refractivity contribution in [2.75, 3.05) is 40.4 Å². The fourth-order valence-electron chi connectivity index (χ4n) is 3.38. The molecule has 1 aromatic carbocycles. The topological polar surface area (TPSA) is 67.8 Å². The number of benzene rings is 1. The molecule has 0 N–H and O–H groups in total. The summed E-state index contributed by atoms with van der Waals surface area (Å²) in [7, 11) is 3.16. The number of piperazine rings is 1. The van der Waals surface area contributed by atoms with E-state index >= 15 is 0 Å². The minimum absolute atomic E-state index is 0.0164. The van der Waals surface area contributed by atoms with E-state index in [0.717, 1.165) is 42.4 Å². The standard InChI is InChI=1S/C21H28N4O3/c1-14-15(2)23-18(16(3)22-14)13-24-8-10-25(11-9-24)21(26)17-6-7-19(27-4)20(12-17)28-5/h6-7,12H,8-11,13H2,1-5H3. The van der Waals surface area contributed by atoms with E-state index in [0.29, 0.717) is 30.2 Å². The van der Waals surface area contributed by atoms with Crippen LogP contribution in [0.15, 0.2) is 18.2 Å². The summed E-state index contributed by atoms with van der Waals surface area (Å²) in [5.74, 6) is 1.20. The van der Waals surface area contributed by atoms with Crippen molar-refractivity contribution < 1.29 is 14.3 Å². The molecule has 0 bridgehead atoms. The molecule has 7 heteroatoms. The van der Waals surface area contributed by atoms with Crippen LogP contribution in [0.4, 0.5) is 0 Å². The number of methoxy groups -OCH3 is 2. The summed E-state index contributed by atoms with van der Waals surface area (Å²) in [4.78, 5) is 26.3. The third-order valence-corrected chi connectivity index (χ3v) is 5.24. The molecule has 1 fully saturated rings. The average Bonchev–Trinajstić information content (AvgIpc) is 2.71. The van der Waals surface area contributed by atoms with Crippen molar-refractivity contribution in [3.63, 3.8) is 0 Å². The van der Waals surface area contributed by atoms with Gasteiger partial charge in [-0.2, -0.15) is 0 Å². The van der Waals surface area contributed by atoms with Crippen molar-refractivity contribution in [1.82, 2.24) is 19.8 Å². The minimum Gasteiger partial charge on any atom is -0.493 e. The van der Waals surface area contributed by atoms with Gasteiger partial charge in [-0.25, -0.2) is 0 Å². The molecule has 0 saturated carbocycles. The average molecular weight is 384 g/mol. The van der Waals surface area contributed by atoms with E-state index in [1.807, 2.05) is 25.7 Å². The van der Waals surface area contributed by atoms with Crippen LogP contribution in [0.1, 0.15) is 33.1 Å². The number of carbonyl (C=O) groups is 1. The van der Waals surface area contributed by atoms with Crippen LogP contribution in [0.5, 0.6) is 11.5 Å². The maximum Gasteiger partial charge on any atom is 0.254 e. The van der Waals surface area contributed by atoms with Gasteiger partial charge >= 0.3 is 0 Å². The second-order valence-electron chi connectivity index (χ2n) is 7.06. The van der Waals surface area contributed by atoms with Gasteiger partial charge in [0, 0.05) is 38.3 Å². The van der Waals surface area contributed by atoms with Crippen molar-refractivity contribution >= 4 is 5.91 Å². The van der Waals surface area contributed by atoms with E-state index in [4.69, 9.17) is 14.5 Å². The lowest BCUT2D eigenvalue weighted by atomic mass is 10.1. The molecule has 28 heavy (non-hydrogen) atoms. The van der Waals surface area contributed by atoms with E-state index in [-0.39, 0.29) is 5.91 Å². The summed E-state index contributed by atoms with van der Waals surface area (Å²) in [6.07, 6.45) is 0. The van der Waals surface area contributed by atoms with Crippen LogP contribution in [-0.4, -0.2) is 66.1 Å². The monoisotopic (exact) mass is 384 g/mol. The zero-order valence-electron chi connectivity index (χ0n) is 17.3. The Balaban J connectivity index is 1.62. The Bertz CT molecular complexity index is 861. The number of nitrogens with zero attached hydrogens (tertiary/aromatic N) is 4. The normalized spacial score (nSPS) is 14.8. The summed E-state index contributed by atoms with van der Waals surface area (Å²) >= 11 is 0. The number of rotatable bonds is 5. The van der Waals surface area contributed by atoms with E-state index in [2.05, 4.69) is 9.88 Å². The molecule has 0 aliphatic carbocycles. The lowest BCUT2D eigenvalue weighted by Crippen LogP contribution is -2.48. The molecule has 0 atom stereocenters. The predicted octanol–water partition coefficient (Wildman–Crippen LogP) is 2.38. The Kier molecular flexibility index (Phi) is 6.14. The Labute approximate surface area is 166 Å². The molecule has 2 aromatic rings. The van der Waals surface area contributed by atoms with E-state index in [9.17, 15) is 4.79 Å². The lowest BCUT2D eigenvalue weighted by molar-refractivity contribution is 0.0626. The summed E-state index contributed by atoms with van der Waals surface area (Å²) in [6.45, 7) is 9.74. The van der Waals surface area contributed by atoms with E-state index < -0.39 is 0 Å². The van der Waals surface area contributed by atoms with Gasteiger partial charge in [0.25, 0.3) is 5.91 Å². The molecule has 1 aliphatic heterocycles. The molecule has 0 unspecified atom stereocenters. The molecule has 7 nitrogen and oxygen atoms in total. The van der Waals surface area contributed by atoms with Crippen molar-refractivity contribution in [1.29, 1.82) is 0 Å². The second-order valence-corrected chi connectivity index (χ2v) is 7.06. The number of hydrogen-bond acceptors (Lipinski definition) is 6. The molecule has 1 aromatic heterocycles. The minimum atomic E-state index is 0.0164. The molecule has 1 amide bonds. The van der Waals surface area contributed by atoms with Crippen LogP contribution >= 0.6 is 0 Å². The smallest absolute Gasteiger partial charge is 0.254 e. The first-order valence-electron chi connectivity index (χ1n) is 9.47. The van der Waals surface area contributed by atoms with Crippen molar-refractivity contribution in [2.45, 2.75) is 27.3 Å². The quantitative estimate of drug-likeness (QED) is 0.788. The molecule has 3 rings (SSSR count). The SMILES string of the molecule is COc1ccc(C(=O)N2CCN(Cc3nc(C)c(C)nc3C)CC2)cc1OC. The van der Waals surface area contributed by atoms with Crippen LogP contribution in [0.25, 0.3) is 0 Å². The molecule has 1 aliphatic rings. The van der Waals surface area contributed by atoms with Crippen LogP contribution in [-0.2, 0) is 6.54 Å². The first-order valence-corrected chi connectivity index (χ1v) is 9.47.